The molecule has 0 aromatic heterocycles. The van der Waals surface area contributed by atoms with Crippen LogP contribution in [0.3, 0.4) is 0 Å². The van der Waals surface area contributed by atoms with Gasteiger partial charge in [-0.05, 0) is 49.5 Å². The summed E-state index contributed by atoms with van der Waals surface area (Å²) >= 11 is 0. The molecule has 0 radical (unpaired) electrons. The molecule has 0 spiro atoms. The maximum Gasteiger partial charge on any atom is 0.00234 e. The fraction of sp³-hybridized carbons (Fsp3) is 0.625. The van der Waals surface area contributed by atoms with Crippen molar-refractivity contribution < 1.29 is 0 Å². The predicted molar refractivity (Wildman–Crippen MR) is 78.1 cm³/mol. The summed E-state index contributed by atoms with van der Waals surface area (Å²) in [5.74, 6) is 1.51. The minimum absolute atomic E-state index is 0.754. The molecule has 1 aromatic carbocycles. The van der Waals surface area contributed by atoms with E-state index in [1.165, 1.54) is 12.8 Å². The fourth-order valence-electron chi connectivity index (χ4n) is 2.55. The largest absolute Gasteiger partial charge is 0.316 e. The molecular weight excluding hydrogens is 220 g/mol. The molecule has 0 fully saturated rings. The molecule has 0 amide bonds. The van der Waals surface area contributed by atoms with E-state index in [0.29, 0.717) is 0 Å². The molecule has 1 aliphatic rings. The van der Waals surface area contributed by atoms with E-state index in [-0.39, 0.29) is 0 Å². The van der Waals surface area contributed by atoms with Crippen LogP contribution in [-0.2, 0) is 6.42 Å². The summed E-state index contributed by atoms with van der Waals surface area (Å²) in [6, 6.07) is 8.82. The zero-order chi connectivity index (χ0) is 12.8. The van der Waals surface area contributed by atoms with E-state index in [2.05, 4.69) is 48.7 Å². The van der Waals surface area contributed by atoms with Gasteiger partial charge in [0.15, 0.2) is 0 Å². The lowest BCUT2D eigenvalue weighted by atomic mass is 9.77. The predicted octanol–water partition coefficient (Wildman–Crippen LogP) is 2.55. The summed E-state index contributed by atoms with van der Waals surface area (Å²) in [5.41, 5.74) is 3.10. The minimum atomic E-state index is 0.754. The molecule has 0 saturated heterocycles. The number of hydrogen-bond donors (Lipinski definition) is 2. The summed E-state index contributed by atoms with van der Waals surface area (Å²) in [7, 11) is 0. The fourth-order valence-corrected chi connectivity index (χ4v) is 2.55. The monoisotopic (exact) mass is 246 g/mol. The van der Waals surface area contributed by atoms with Crippen molar-refractivity contribution in [2.75, 3.05) is 26.2 Å². The first-order valence-electron chi connectivity index (χ1n) is 7.26. The van der Waals surface area contributed by atoms with E-state index in [0.717, 1.165) is 38.0 Å². The van der Waals surface area contributed by atoms with Crippen LogP contribution in [0.4, 0.5) is 0 Å². The number of nitrogens with one attached hydrogen (secondary N) is 2. The van der Waals surface area contributed by atoms with Crippen molar-refractivity contribution in [1.82, 2.24) is 10.6 Å². The lowest BCUT2D eigenvalue weighted by Gasteiger charge is -2.30. The van der Waals surface area contributed by atoms with Gasteiger partial charge in [0.05, 0.1) is 0 Å². The van der Waals surface area contributed by atoms with Gasteiger partial charge in [0.1, 0.15) is 0 Å². The lowest BCUT2D eigenvalue weighted by Crippen LogP contribution is -2.31. The van der Waals surface area contributed by atoms with Crippen LogP contribution >= 0.6 is 0 Å². The number of fused-ring (bicyclic) bond motifs is 1. The third-order valence-electron chi connectivity index (χ3n) is 3.61. The van der Waals surface area contributed by atoms with Gasteiger partial charge < -0.3 is 10.6 Å². The molecule has 1 unspecified atom stereocenters. The highest BCUT2D eigenvalue weighted by atomic mass is 14.9. The highest BCUT2D eigenvalue weighted by molar-refractivity contribution is 5.40. The Bertz CT molecular complexity index is 360. The summed E-state index contributed by atoms with van der Waals surface area (Å²) in [6.45, 7) is 9.03. The first-order valence-corrected chi connectivity index (χ1v) is 7.26. The van der Waals surface area contributed by atoms with Crippen molar-refractivity contribution in [2.45, 2.75) is 32.6 Å². The van der Waals surface area contributed by atoms with E-state index in [1.807, 2.05) is 0 Å². The maximum atomic E-state index is 3.58. The van der Waals surface area contributed by atoms with Crippen molar-refractivity contribution in [3.8, 4) is 0 Å². The highest BCUT2D eigenvalue weighted by Gasteiger charge is 2.24. The molecule has 2 nitrogen and oxygen atoms in total. The third-order valence-corrected chi connectivity index (χ3v) is 3.61. The van der Waals surface area contributed by atoms with E-state index in [4.69, 9.17) is 0 Å². The number of rotatable bonds is 8. The van der Waals surface area contributed by atoms with Gasteiger partial charge in [0.2, 0.25) is 0 Å². The topological polar surface area (TPSA) is 24.1 Å². The molecule has 0 bridgehead atoms. The summed E-state index contributed by atoms with van der Waals surface area (Å²) in [4.78, 5) is 0. The SMILES string of the molecule is CC(C)CNCCCNCC1Cc2ccccc21. The van der Waals surface area contributed by atoms with Crippen LogP contribution in [-0.4, -0.2) is 26.2 Å². The maximum absolute atomic E-state index is 3.58. The molecular formula is C16H26N2. The second kappa shape index (κ2) is 6.91. The minimum Gasteiger partial charge on any atom is -0.316 e. The Labute approximate surface area is 111 Å². The van der Waals surface area contributed by atoms with Gasteiger partial charge in [-0.15, -0.1) is 0 Å². The molecule has 1 atom stereocenters. The van der Waals surface area contributed by atoms with Gasteiger partial charge >= 0.3 is 0 Å². The molecule has 2 heteroatoms. The van der Waals surface area contributed by atoms with Crippen LogP contribution in [0.15, 0.2) is 24.3 Å². The zero-order valence-corrected chi connectivity index (χ0v) is 11.7. The summed E-state index contributed by atoms with van der Waals surface area (Å²) in [5, 5.41) is 7.05. The van der Waals surface area contributed by atoms with Crippen LogP contribution in [0.5, 0.6) is 0 Å². The Balaban J connectivity index is 1.50. The molecule has 0 heterocycles. The standard InChI is InChI=1S/C16H26N2/c1-13(2)11-17-8-5-9-18-12-15-10-14-6-3-4-7-16(14)15/h3-4,6-7,13,15,17-18H,5,8-12H2,1-2H3. The Morgan fingerprint density at radius 1 is 1.17 bits per heavy atom. The zero-order valence-electron chi connectivity index (χ0n) is 11.7. The smallest absolute Gasteiger partial charge is 0.00234 e. The molecule has 0 aliphatic heterocycles. The van der Waals surface area contributed by atoms with Gasteiger partial charge in [-0.25, -0.2) is 0 Å². The van der Waals surface area contributed by atoms with E-state index in [9.17, 15) is 0 Å². The van der Waals surface area contributed by atoms with Crippen molar-refractivity contribution in [3.05, 3.63) is 35.4 Å². The average molecular weight is 246 g/mol. The van der Waals surface area contributed by atoms with Crippen LogP contribution in [0.25, 0.3) is 0 Å². The van der Waals surface area contributed by atoms with Gasteiger partial charge in [0.25, 0.3) is 0 Å². The van der Waals surface area contributed by atoms with E-state index >= 15 is 0 Å². The Morgan fingerprint density at radius 3 is 2.72 bits per heavy atom. The van der Waals surface area contributed by atoms with Gasteiger partial charge in [0, 0.05) is 12.5 Å². The van der Waals surface area contributed by atoms with Crippen molar-refractivity contribution in [1.29, 1.82) is 0 Å². The Kier molecular flexibility index (Phi) is 5.21. The van der Waals surface area contributed by atoms with Crippen LogP contribution in [0.1, 0.15) is 37.3 Å². The van der Waals surface area contributed by atoms with Crippen molar-refractivity contribution in [3.63, 3.8) is 0 Å². The molecule has 1 aromatic rings. The molecule has 18 heavy (non-hydrogen) atoms. The Hall–Kier alpha value is -0.860. The Morgan fingerprint density at radius 2 is 1.94 bits per heavy atom. The van der Waals surface area contributed by atoms with Gasteiger partial charge in [-0.3, -0.25) is 0 Å². The van der Waals surface area contributed by atoms with Crippen LogP contribution in [0, 0.1) is 5.92 Å². The second-order valence-electron chi connectivity index (χ2n) is 5.76. The normalized spacial score (nSPS) is 17.6. The lowest BCUT2D eigenvalue weighted by molar-refractivity contribution is 0.504. The van der Waals surface area contributed by atoms with Crippen LogP contribution in [0.2, 0.25) is 0 Å². The molecule has 2 rings (SSSR count). The summed E-state index contributed by atoms with van der Waals surface area (Å²) in [6.07, 6.45) is 2.48. The van der Waals surface area contributed by atoms with E-state index in [1.54, 1.807) is 11.1 Å². The third kappa shape index (κ3) is 3.82. The first kappa shape index (κ1) is 13.6. The van der Waals surface area contributed by atoms with Gasteiger partial charge in [-0.1, -0.05) is 38.1 Å². The molecule has 2 N–H and O–H groups in total. The molecule has 1 aliphatic carbocycles. The van der Waals surface area contributed by atoms with Crippen molar-refractivity contribution >= 4 is 0 Å². The molecule has 100 valence electrons. The summed E-state index contributed by atoms with van der Waals surface area (Å²) < 4.78 is 0. The van der Waals surface area contributed by atoms with E-state index < -0.39 is 0 Å². The molecule has 0 saturated carbocycles. The number of hydrogen-bond acceptors (Lipinski definition) is 2. The highest BCUT2D eigenvalue weighted by Crippen LogP contribution is 2.33. The first-order chi connectivity index (χ1) is 8.77. The van der Waals surface area contributed by atoms with Gasteiger partial charge in [-0.2, -0.15) is 0 Å². The average Bonchev–Trinajstić information content (AvgIpc) is 2.32. The second-order valence-corrected chi connectivity index (χ2v) is 5.76. The van der Waals surface area contributed by atoms with Crippen LogP contribution < -0.4 is 10.6 Å². The van der Waals surface area contributed by atoms with Crippen molar-refractivity contribution in [2.24, 2.45) is 5.92 Å². The number of benzene rings is 1. The quantitative estimate of drug-likeness (QED) is 0.689.